The third-order valence-electron chi connectivity index (χ3n) is 5.99. The minimum absolute atomic E-state index is 0.0137. The molecule has 11 heteroatoms. The minimum atomic E-state index is -0.629. The van der Waals surface area contributed by atoms with E-state index in [2.05, 4.69) is 10.1 Å². The van der Waals surface area contributed by atoms with E-state index in [1.165, 1.54) is 35.4 Å². The number of esters is 1. The second-order valence-electron chi connectivity index (χ2n) is 8.60. The summed E-state index contributed by atoms with van der Waals surface area (Å²) in [6.07, 6.45) is 4.74. The smallest absolute Gasteiger partial charge is 0.343 e. The zero-order chi connectivity index (χ0) is 25.9. The largest absolute Gasteiger partial charge is 0.423 e. The fraction of sp³-hybridized carbons (Fsp3) is 0.231. The Labute approximate surface area is 216 Å². The van der Waals surface area contributed by atoms with Crippen LogP contribution in [0.3, 0.4) is 0 Å². The average Bonchev–Trinajstić information content (AvgIpc) is 3.30. The Hall–Kier alpha value is -4.12. The van der Waals surface area contributed by atoms with E-state index in [0.29, 0.717) is 10.6 Å². The molecule has 3 heterocycles. The normalized spacial score (nSPS) is 18.5. The molecule has 1 saturated heterocycles. The van der Waals surface area contributed by atoms with Crippen molar-refractivity contribution in [1.29, 1.82) is 5.41 Å². The lowest BCUT2D eigenvalue weighted by Crippen LogP contribution is -2.36. The van der Waals surface area contributed by atoms with Crippen molar-refractivity contribution in [2.24, 2.45) is 10.1 Å². The summed E-state index contributed by atoms with van der Waals surface area (Å²) >= 11 is 1.13. The first-order chi connectivity index (χ1) is 17.9. The molecule has 2 aromatic rings. The number of piperidine rings is 1. The molecule has 0 atom stereocenters. The number of hydrogen-bond acceptors (Lipinski definition) is 7. The summed E-state index contributed by atoms with van der Waals surface area (Å²) in [5.74, 6) is -1.53. The Bertz CT molecular complexity index is 1360. The molecule has 3 aliphatic heterocycles. The number of hydrazone groups is 1. The fourth-order valence-electron chi connectivity index (χ4n) is 4.04. The molecule has 0 unspecified atom stereocenters. The van der Waals surface area contributed by atoms with Crippen molar-refractivity contribution in [2.45, 2.75) is 25.7 Å². The van der Waals surface area contributed by atoms with Gasteiger partial charge in [0.1, 0.15) is 16.6 Å². The molecule has 188 valence electrons. The van der Waals surface area contributed by atoms with Gasteiger partial charge >= 0.3 is 5.97 Å². The molecule has 1 fully saturated rings. The van der Waals surface area contributed by atoms with E-state index in [1.54, 1.807) is 24.3 Å². The lowest BCUT2D eigenvalue weighted by molar-refractivity contribution is -0.130. The van der Waals surface area contributed by atoms with Gasteiger partial charge < -0.3 is 9.64 Å². The molecule has 0 aliphatic carbocycles. The molecule has 0 spiro atoms. The molecule has 9 nitrogen and oxygen atoms in total. The number of rotatable bonds is 5. The van der Waals surface area contributed by atoms with Crippen molar-refractivity contribution >= 4 is 51.7 Å². The van der Waals surface area contributed by atoms with Gasteiger partial charge in [-0.15, -0.1) is 0 Å². The van der Waals surface area contributed by atoms with E-state index < -0.39 is 17.7 Å². The number of amidine groups is 2. The third-order valence-corrected chi connectivity index (χ3v) is 6.90. The molecule has 3 aliphatic rings. The number of carbonyl (C=O) groups is 3. The van der Waals surface area contributed by atoms with Crippen LogP contribution in [0.25, 0.3) is 6.08 Å². The average molecular weight is 520 g/mol. The van der Waals surface area contributed by atoms with Crippen LogP contribution in [0.2, 0.25) is 0 Å². The quantitative estimate of drug-likeness (QED) is 0.362. The number of ether oxygens (including phenoxy) is 1. The molecule has 0 radical (unpaired) electrons. The van der Waals surface area contributed by atoms with Crippen LogP contribution in [0.4, 0.5) is 4.39 Å². The number of carbonyl (C=O) groups excluding carboxylic acids is 3. The molecule has 37 heavy (non-hydrogen) atoms. The first-order valence-electron chi connectivity index (χ1n) is 11.7. The molecule has 0 saturated carbocycles. The summed E-state index contributed by atoms with van der Waals surface area (Å²) in [5, 5.41) is 14.9. The summed E-state index contributed by atoms with van der Waals surface area (Å²) in [7, 11) is 0. The molecule has 5 rings (SSSR count). The van der Waals surface area contributed by atoms with Crippen LogP contribution in [0, 0.1) is 11.2 Å². The molecular weight excluding hydrogens is 497 g/mol. The molecular formula is C26H22FN5O4S. The highest BCUT2D eigenvalue weighted by atomic mass is 32.2. The Balaban J connectivity index is 1.26. The van der Waals surface area contributed by atoms with Gasteiger partial charge in [-0.05, 0) is 79.1 Å². The fourth-order valence-corrected chi connectivity index (χ4v) is 4.91. The SMILES string of the molecule is N=C1/C(=C/c2ccc(OC(=O)c3ccc(F)cc3)cc2)C(=O)N=C2SC(CC(=O)N3CCCCC3)=NN12. The number of aliphatic imine (C=N–C) groups is 1. The first kappa shape index (κ1) is 24.6. The van der Waals surface area contributed by atoms with Gasteiger partial charge in [-0.25, -0.2) is 9.18 Å². The number of benzene rings is 2. The second-order valence-corrected chi connectivity index (χ2v) is 9.64. The molecule has 1 N–H and O–H groups in total. The predicted molar refractivity (Wildman–Crippen MR) is 138 cm³/mol. The predicted octanol–water partition coefficient (Wildman–Crippen LogP) is 4.07. The van der Waals surface area contributed by atoms with Gasteiger partial charge in [0.25, 0.3) is 5.91 Å². The number of hydrogen-bond donors (Lipinski definition) is 1. The Morgan fingerprint density at radius 2 is 1.76 bits per heavy atom. The van der Waals surface area contributed by atoms with E-state index in [0.717, 1.165) is 44.1 Å². The topological polar surface area (TPSA) is 115 Å². The van der Waals surface area contributed by atoms with E-state index in [9.17, 15) is 18.8 Å². The van der Waals surface area contributed by atoms with Crippen molar-refractivity contribution in [3.8, 4) is 5.75 Å². The van der Waals surface area contributed by atoms with E-state index in [-0.39, 0.29) is 40.2 Å². The summed E-state index contributed by atoms with van der Waals surface area (Å²) in [5.41, 5.74) is 0.848. The maximum atomic E-state index is 13.0. The first-order valence-corrected chi connectivity index (χ1v) is 12.5. The van der Waals surface area contributed by atoms with Gasteiger partial charge in [-0.3, -0.25) is 15.0 Å². The van der Waals surface area contributed by atoms with Crippen molar-refractivity contribution in [3.05, 3.63) is 71.0 Å². The van der Waals surface area contributed by atoms with Crippen LogP contribution < -0.4 is 4.74 Å². The van der Waals surface area contributed by atoms with Crippen LogP contribution >= 0.6 is 11.8 Å². The van der Waals surface area contributed by atoms with Crippen molar-refractivity contribution in [2.75, 3.05) is 13.1 Å². The van der Waals surface area contributed by atoms with E-state index in [4.69, 9.17) is 10.1 Å². The van der Waals surface area contributed by atoms with Crippen molar-refractivity contribution in [1.82, 2.24) is 9.91 Å². The van der Waals surface area contributed by atoms with Gasteiger partial charge in [0.15, 0.2) is 5.84 Å². The maximum Gasteiger partial charge on any atom is 0.343 e. The number of halogens is 1. The van der Waals surface area contributed by atoms with Gasteiger partial charge in [-0.1, -0.05) is 12.1 Å². The summed E-state index contributed by atoms with van der Waals surface area (Å²) in [6.45, 7) is 1.49. The van der Waals surface area contributed by atoms with Gasteiger partial charge in [0.2, 0.25) is 11.1 Å². The molecule has 2 aromatic carbocycles. The number of fused-ring (bicyclic) bond motifs is 1. The standard InChI is InChI=1S/C26H22FN5O4S/c27-18-8-6-17(7-9-18)25(35)36-19-10-4-16(5-11-19)14-20-23(28)32-26(29-24(20)34)37-21(30-32)15-22(33)31-12-2-1-3-13-31/h4-11,14,28H,1-3,12-13,15H2/b20-14-,28-23?. The molecule has 2 amide bonds. The van der Waals surface area contributed by atoms with Crippen LogP contribution in [0.15, 0.2) is 64.2 Å². The molecule has 0 aromatic heterocycles. The lowest BCUT2D eigenvalue weighted by atomic mass is 10.1. The van der Waals surface area contributed by atoms with Gasteiger partial charge in [-0.2, -0.15) is 15.1 Å². The number of nitrogens with one attached hydrogen (secondary N) is 1. The van der Waals surface area contributed by atoms with Crippen LogP contribution in [-0.4, -0.2) is 56.8 Å². The monoisotopic (exact) mass is 519 g/mol. The minimum Gasteiger partial charge on any atom is -0.423 e. The Morgan fingerprint density at radius 3 is 2.46 bits per heavy atom. The lowest BCUT2D eigenvalue weighted by Gasteiger charge is -2.26. The summed E-state index contributed by atoms with van der Waals surface area (Å²) < 4.78 is 18.3. The maximum absolute atomic E-state index is 13.0. The van der Waals surface area contributed by atoms with E-state index >= 15 is 0 Å². The van der Waals surface area contributed by atoms with Crippen molar-refractivity contribution < 1.29 is 23.5 Å². The number of thioether (sulfide) groups is 1. The number of nitrogens with zero attached hydrogens (tertiary/aromatic N) is 4. The zero-order valence-electron chi connectivity index (χ0n) is 19.6. The Morgan fingerprint density at radius 1 is 1.05 bits per heavy atom. The van der Waals surface area contributed by atoms with Crippen LogP contribution in [0.1, 0.15) is 41.6 Å². The van der Waals surface area contributed by atoms with Crippen molar-refractivity contribution in [3.63, 3.8) is 0 Å². The van der Waals surface area contributed by atoms with Gasteiger partial charge in [0, 0.05) is 13.1 Å². The zero-order valence-corrected chi connectivity index (χ0v) is 20.5. The number of amides is 2. The second kappa shape index (κ2) is 10.5. The Kier molecular flexibility index (Phi) is 6.95. The third kappa shape index (κ3) is 5.51. The summed E-state index contributed by atoms with van der Waals surface area (Å²) in [4.78, 5) is 43.4. The number of likely N-dealkylation sites (tertiary alicyclic amines) is 1. The van der Waals surface area contributed by atoms with Crippen LogP contribution in [0.5, 0.6) is 5.75 Å². The molecule has 0 bridgehead atoms. The van der Waals surface area contributed by atoms with Crippen LogP contribution in [-0.2, 0) is 9.59 Å². The van der Waals surface area contributed by atoms with Gasteiger partial charge in [0.05, 0.1) is 17.6 Å². The highest BCUT2D eigenvalue weighted by Gasteiger charge is 2.36. The highest BCUT2D eigenvalue weighted by Crippen LogP contribution is 2.30. The van der Waals surface area contributed by atoms with E-state index in [1.807, 2.05) is 4.90 Å². The summed E-state index contributed by atoms with van der Waals surface area (Å²) in [6, 6.07) is 11.4. The highest BCUT2D eigenvalue weighted by molar-refractivity contribution is 8.27.